The minimum absolute atomic E-state index is 0.243. The molecule has 0 spiro atoms. The summed E-state index contributed by atoms with van der Waals surface area (Å²) in [5.41, 5.74) is 7.89. The minimum Gasteiger partial charge on any atom is -0.322 e. The molecule has 0 bridgehead atoms. The topological polar surface area (TPSA) is 38.9 Å². The van der Waals surface area contributed by atoms with Crippen LogP contribution in [0.4, 0.5) is 8.78 Å². The van der Waals surface area contributed by atoms with Gasteiger partial charge in [0.2, 0.25) is 0 Å². The Hall–Kier alpha value is -1.77. The summed E-state index contributed by atoms with van der Waals surface area (Å²) in [6.07, 6.45) is 0.279. The van der Waals surface area contributed by atoms with Crippen LogP contribution < -0.4 is 5.73 Å². The van der Waals surface area contributed by atoms with Crippen LogP contribution in [0.15, 0.2) is 34.8 Å². The van der Waals surface area contributed by atoms with Crippen LogP contribution in [0, 0.1) is 29.4 Å². The Balaban J connectivity index is 2.26. The smallest absolute Gasteiger partial charge is 0.126 e. The lowest BCUT2D eigenvalue weighted by molar-refractivity contribution is 0.575. The van der Waals surface area contributed by atoms with Crippen LogP contribution >= 0.6 is 15.9 Å². The Morgan fingerprint density at radius 2 is 1.83 bits per heavy atom. The number of hydrogen-bond acceptors (Lipinski definition) is 2. The Morgan fingerprint density at radius 3 is 2.43 bits per heavy atom. The normalized spacial score (nSPS) is 12.0. The van der Waals surface area contributed by atoms with E-state index >= 15 is 0 Å². The molecule has 0 aliphatic carbocycles. The molecule has 0 fully saturated rings. The standard InChI is InChI=1S/C18H17BrF2N2/c1-11(2)3-4-15-5-6-16(19)18(23-15)17(22)9-12-7-13(20)10-14(21)8-12/h5-8,10-11,17H,9,22H2,1-2H3/t17-/m0/s1. The summed E-state index contributed by atoms with van der Waals surface area (Å²) >= 11 is 3.41. The Morgan fingerprint density at radius 1 is 1.17 bits per heavy atom. The zero-order valence-corrected chi connectivity index (χ0v) is 14.5. The number of benzene rings is 1. The van der Waals surface area contributed by atoms with E-state index in [0.29, 0.717) is 17.0 Å². The number of nitrogens with two attached hydrogens (primary N) is 1. The summed E-state index contributed by atoms with van der Waals surface area (Å²) in [6.45, 7) is 3.99. The molecule has 0 radical (unpaired) electrons. The fourth-order valence-corrected chi connectivity index (χ4v) is 2.60. The molecular weight excluding hydrogens is 362 g/mol. The van der Waals surface area contributed by atoms with E-state index in [0.717, 1.165) is 10.5 Å². The summed E-state index contributed by atoms with van der Waals surface area (Å²) in [4.78, 5) is 4.45. The van der Waals surface area contributed by atoms with Crippen molar-refractivity contribution in [3.8, 4) is 11.8 Å². The molecule has 0 aliphatic rings. The Kier molecular flexibility index (Phi) is 5.86. The molecule has 1 atom stereocenters. The average Bonchev–Trinajstić information content (AvgIpc) is 2.45. The summed E-state index contributed by atoms with van der Waals surface area (Å²) in [7, 11) is 0. The number of pyridine rings is 1. The highest BCUT2D eigenvalue weighted by Gasteiger charge is 2.14. The van der Waals surface area contributed by atoms with E-state index in [1.54, 1.807) is 6.07 Å². The first kappa shape index (κ1) is 17.6. The molecule has 23 heavy (non-hydrogen) atoms. The van der Waals surface area contributed by atoms with Gasteiger partial charge in [-0.2, -0.15) is 0 Å². The molecule has 0 amide bonds. The third kappa shape index (κ3) is 5.12. The van der Waals surface area contributed by atoms with Gasteiger partial charge in [0.15, 0.2) is 0 Å². The SMILES string of the molecule is CC(C)C#Cc1ccc(Br)c([C@@H](N)Cc2cc(F)cc(F)c2)n1. The van der Waals surface area contributed by atoms with Crippen molar-refractivity contribution in [1.29, 1.82) is 0 Å². The Labute approximate surface area is 143 Å². The first-order valence-corrected chi connectivity index (χ1v) is 8.03. The summed E-state index contributed by atoms with van der Waals surface area (Å²) in [5, 5.41) is 0. The molecule has 0 saturated carbocycles. The van der Waals surface area contributed by atoms with Crippen LogP contribution in [0.1, 0.15) is 36.8 Å². The van der Waals surface area contributed by atoms with Crippen LogP contribution in [0.2, 0.25) is 0 Å². The van der Waals surface area contributed by atoms with Crippen molar-refractivity contribution in [3.05, 3.63) is 63.4 Å². The summed E-state index contributed by atoms with van der Waals surface area (Å²) < 4.78 is 27.3. The minimum atomic E-state index is -0.615. The van der Waals surface area contributed by atoms with E-state index in [4.69, 9.17) is 5.73 Å². The summed E-state index contributed by atoms with van der Waals surface area (Å²) in [5.74, 6) is 5.05. The van der Waals surface area contributed by atoms with Crippen molar-refractivity contribution < 1.29 is 8.78 Å². The maximum Gasteiger partial charge on any atom is 0.126 e. The number of aromatic nitrogens is 1. The van der Waals surface area contributed by atoms with Gasteiger partial charge >= 0.3 is 0 Å². The molecule has 1 heterocycles. The van der Waals surface area contributed by atoms with E-state index in [-0.39, 0.29) is 12.3 Å². The highest BCUT2D eigenvalue weighted by Crippen LogP contribution is 2.23. The quantitative estimate of drug-likeness (QED) is 0.805. The van der Waals surface area contributed by atoms with E-state index in [2.05, 4.69) is 32.8 Å². The molecule has 2 nitrogen and oxygen atoms in total. The lowest BCUT2D eigenvalue weighted by Gasteiger charge is -2.13. The molecule has 0 aliphatic heterocycles. The van der Waals surface area contributed by atoms with Gasteiger partial charge in [-0.15, -0.1) is 0 Å². The third-order valence-electron chi connectivity index (χ3n) is 3.09. The molecule has 0 saturated heterocycles. The third-order valence-corrected chi connectivity index (χ3v) is 3.76. The maximum atomic E-state index is 13.3. The van der Waals surface area contributed by atoms with Crippen molar-refractivity contribution >= 4 is 15.9 Å². The fraction of sp³-hybridized carbons (Fsp3) is 0.278. The number of rotatable bonds is 3. The van der Waals surface area contributed by atoms with Crippen LogP contribution in [0.5, 0.6) is 0 Å². The van der Waals surface area contributed by atoms with Gasteiger partial charge in [-0.25, -0.2) is 13.8 Å². The van der Waals surface area contributed by atoms with Gasteiger partial charge in [0.1, 0.15) is 17.3 Å². The van der Waals surface area contributed by atoms with Gasteiger partial charge in [-0.1, -0.05) is 19.8 Å². The monoisotopic (exact) mass is 378 g/mol. The second-order valence-corrected chi connectivity index (χ2v) is 6.43. The first-order valence-electron chi connectivity index (χ1n) is 7.23. The highest BCUT2D eigenvalue weighted by molar-refractivity contribution is 9.10. The Bertz CT molecular complexity index is 743. The largest absolute Gasteiger partial charge is 0.322 e. The van der Waals surface area contributed by atoms with Crippen LogP contribution in [-0.4, -0.2) is 4.98 Å². The van der Waals surface area contributed by atoms with Gasteiger partial charge in [0.25, 0.3) is 0 Å². The maximum absolute atomic E-state index is 13.3. The van der Waals surface area contributed by atoms with Crippen molar-refractivity contribution in [2.75, 3.05) is 0 Å². The fourth-order valence-electron chi connectivity index (χ4n) is 2.09. The van der Waals surface area contributed by atoms with Gasteiger partial charge in [-0.05, 0) is 58.1 Å². The molecule has 2 rings (SSSR count). The molecule has 1 aromatic carbocycles. The van der Waals surface area contributed by atoms with E-state index in [1.165, 1.54) is 12.1 Å². The molecule has 1 aromatic heterocycles. The number of hydrogen-bond donors (Lipinski definition) is 1. The number of halogens is 3. The second kappa shape index (κ2) is 7.67. The van der Waals surface area contributed by atoms with E-state index in [9.17, 15) is 8.78 Å². The molecule has 2 aromatic rings. The van der Waals surface area contributed by atoms with Crippen LogP contribution in [0.3, 0.4) is 0 Å². The van der Waals surface area contributed by atoms with Crippen molar-refractivity contribution in [2.45, 2.75) is 26.3 Å². The van der Waals surface area contributed by atoms with Gasteiger partial charge in [0.05, 0.1) is 11.7 Å². The lowest BCUT2D eigenvalue weighted by Crippen LogP contribution is -2.16. The van der Waals surface area contributed by atoms with E-state index < -0.39 is 17.7 Å². The second-order valence-electron chi connectivity index (χ2n) is 5.58. The molecule has 0 unspecified atom stereocenters. The van der Waals surface area contributed by atoms with Gasteiger partial charge in [-0.3, -0.25) is 0 Å². The predicted molar refractivity (Wildman–Crippen MR) is 90.6 cm³/mol. The molecule has 5 heteroatoms. The molecule has 120 valence electrons. The first-order chi connectivity index (χ1) is 10.8. The van der Waals surface area contributed by atoms with Crippen LogP contribution in [-0.2, 0) is 6.42 Å². The van der Waals surface area contributed by atoms with Crippen molar-refractivity contribution in [1.82, 2.24) is 4.98 Å². The zero-order chi connectivity index (χ0) is 17.0. The van der Waals surface area contributed by atoms with Crippen molar-refractivity contribution in [3.63, 3.8) is 0 Å². The highest BCUT2D eigenvalue weighted by atomic mass is 79.9. The lowest BCUT2D eigenvalue weighted by atomic mass is 10.0. The van der Waals surface area contributed by atoms with Crippen molar-refractivity contribution in [2.24, 2.45) is 11.7 Å². The van der Waals surface area contributed by atoms with Gasteiger partial charge < -0.3 is 5.73 Å². The number of nitrogens with zero attached hydrogens (tertiary/aromatic N) is 1. The summed E-state index contributed by atoms with van der Waals surface area (Å²) in [6, 6.07) is 6.53. The van der Waals surface area contributed by atoms with Gasteiger partial charge in [0, 0.05) is 16.5 Å². The zero-order valence-electron chi connectivity index (χ0n) is 12.9. The van der Waals surface area contributed by atoms with E-state index in [1.807, 2.05) is 19.9 Å². The molecule has 2 N–H and O–H groups in total. The average molecular weight is 379 g/mol. The molecular formula is C18H17BrF2N2. The predicted octanol–water partition coefficient (Wildman–Crippen LogP) is 4.37. The van der Waals surface area contributed by atoms with Crippen LogP contribution in [0.25, 0.3) is 0 Å².